The number of fused-ring (bicyclic) bond motifs is 1. The van der Waals surface area contributed by atoms with E-state index in [1.54, 1.807) is 6.07 Å². The first-order valence-corrected chi connectivity index (χ1v) is 9.00. The van der Waals surface area contributed by atoms with Gasteiger partial charge in [0, 0.05) is 4.47 Å². The van der Waals surface area contributed by atoms with Gasteiger partial charge in [0.1, 0.15) is 0 Å². The fourth-order valence-corrected chi connectivity index (χ4v) is 4.16. The van der Waals surface area contributed by atoms with Crippen molar-refractivity contribution in [1.82, 2.24) is 4.57 Å². The maximum absolute atomic E-state index is 12.6. The van der Waals surface area contributed by atoms with E-state index in [0.717, 1.165) is 25.8 Å². The normalized spacial score (nSPS) is 11.7. The van der Waals surface area contributed by atoms with E-state index in [1.165, 1.54) is 11.3 Å². The first-order chi connectivity index (χ1) is 11.5. The third-order valence-electron chi connectivity index (χ3n) is 3.67. The van der Waals surface area contributed by atoms with E-state index in [1.807, 2.05) is 29.7 Å². The molecule has 0 unspecified atom stereocenters. The molecule has 0 saturated carbocycles. The number of nitrogens with zero attached hydrogens (tertiary/aromatic N) is 2. The Kier molecular flexibility index (Phi) is 4.70. The van der Waals surface area contributed by atoms with Gasteiger partial charge in [0.25, 0.3) is 5.91 Å². The van der Waals surface area contributed by atoms with Crippen LogP contribution in [0.2, 0.25) is 0 Å². The number of aromatic nitrogens is 1. The number of thiazole rings is 1. The predicted molar refractivity (Wildman–Crippen MR) is 102 cm³/mol. The van der Waals surface area contributed by atoms with Crippen molar-refractivity contribution in [2.24, 2.45) is 4.99 Å². The summed E-state index contributed by atoms with van der Waals surface area (Å²) in [4.78, 5) is 17.5. The Bertz CT molecular complexity index is 1050. The number of hydrogen-bond acceptors (Lipinski definition) is 2. The molecule has 0 fully saturated rings. The van der Waals surface area contributed by atoms with Crippen LogP contribution in [0.25, 0.3) is 10.2 Å². The van der Waals surface area contributed by atoms with Crippen LogP contribution in [0.5, 0.6) is 0 Å². The molecule has 3 nitrogen and oxygen atoms in total. The summed E-state index contributed by atoms with van der Waals surface area (Å²) >= 11 is 4.89. The highest BCUT2D eigenvalue weighted by molar-refractivity contribution is 9.10. The second-order valence-corrected chi connectivity index (χ2v) is 7.33. The molecule has 0 aliphatic rings. The summed E-state index contributed by atoms with van der Waals surface area (Å²) < 4.78 is 3.76. The maximum Gasteiger partial charge on any atom is 0.280 e. The molecule has 0 radical (unpaired) electrons. The van der Waals surface area contributed by atoms with Crippen LogP contribution in [0.15, 0.2) is 45.9 Å². The molecular formula is C19H15BrN2OS. The van der Waals surface area contributed by atoms with Crippen LogP contribution in [0.4, 0.5) is 0 Å². The van der Waals surface area contributed by atoms with Crippen molar-refractivity contribution in [3.63, 3.8) is 0 Å². The van der Waals surface area contributed by atoms with E-state index in [9.17, 15) is 4.79 Å². The maximum atomic E-state index is 12.6. The van der Waals surface area contributed by atoms with Crippen molar-refractivity contribution in [1.29, 1.82) is 0 Å². The topological polar surface area (TPSA) is 34.4 Å². The fourth-order valence-electron chi connectivity index (χ4n) is 2.62. The molecule has 1 amide bonds. The van der Waals surface area contributed by atoms with Gasteiger partial charge < -0.3 is 4.57 Å². The highest BCUT2D eigenvalue weighted by Crippen LogP contribution is 2.23. The minimum atomic E-state index is -0.283. The molecular weight excluding hydrogens is 384 g/mol. The zero-order chi connectivity index (χ0) is 17.3. The first kappa shape index (κ1) is 16.7. The summed E-state index contributed by atoms with van der Waals surface area (Å²) in [6.45, 7) is 4.49. The highest BCUT2D eigenvalue weighted by atomic mass is 79.9. The summed E-state index contributed by atoms with van der Waals surface area (Å²) in [6, 6.07) is 11.5. The molecule has 0 saturated heterocycles. The Hall–Kier alpha value is -2.16. The Morgan fingerprint density at radius 2 is 2.08 bits per heavy atom. The summed E-state index contributed by atoms with van der Waals surface area (Å²) in [5.41, 5.74) is 3.88. The van der Waals surface area contributed by atoms with Crippen LogP contribution < -0.4 is 4.80 Å². The number of amides is 1. The minimum absolute atomic E-state index is 0.283. The Morgan fingerprint density at radius 3 is 2.79 bits per heavy atom. The zero-order valence-electron chi connectivity index (χ0n) is 13.3. The van der Waals surface area contributed by atoms with Crippen LogP contribution in [0.3, 0.4) is 0 Å². The van der Waals surface area contributed by atoms with E-state index in [2.05, 4.69) is 45.9 Å². The van der Waals surface area contributed by atoms with Gasteiger partial charge in [-0.15, -0.1) is 6.42 Å². The average molecular weight is 399 g/mol. The van der Waals surface area contributed by atoms with E-state index in [0.29, 0.717) is 16.9 Å². The predicted octanol–water partition coefficient (Wildman–Crippen LogP) is 4.46. The van der Waals surface area contributed by atoms with E-state index in [4.69, 9.17) is 6.42 Å². The van der Waals surface area contributed by atoms with Gasteiger partial charge in [0.05, 0.1) is 22.3 Å². The van der Waals surface area contributed by atoms with Gasteiger partial charge in [-0.05, 0) is 59.1 Å². The van der Waals surface area contributed by atoms with E-state index in [-0.39, 0.29) is 5.91 Å². The molecule has 2 aromatic carbocycles. The number of carbonyl (C=O) groups excluding carboxylic acids is 1. The highest BCUT2D eigenvalue weighted by Gasteiger charge is 2.12. The smallest absolute Gasteiger partial charge is 0.280 e. The second-order valence-electron chi connectivity index (χ2n) is 5.50. The summed E-state index contributed by atoms with van der Waals surface area (Å²) in [5, 5.41) is 0. The number of aryl methyl sites for hydroxylation is 2. The van der Waals surface area contributed by atoms with Crippen molar-refractivity contribution in [2.45, 2.75) is 20.4 Å². The SMILES string of the molecule is C#CCn1c(=NC(=O)c2ccccc2Br)sc2c(C)cc(C)cc21. The van der Waals surface area contributed by atoms with Crippen molar-refractivity contribution < 1.29 is 4.79 Å². The van der Waals surface area contributed by atoms with Gasteiger partial charge in [-0.25, -0.2) is 0 Å². The lowest BCUT2D eigenvalue weighted by atomic mass is 10.1. The summed E-state index contributed by atoms with van der Waals surface area (Å²) in [5.74, 6) is 2.37. The molecule has 0 N–H and O–H groups in total. The van der Waals surface area contributed by atoms with Gasteiger partial charge in [-0.2, -0.15) is 4.99 Å². The van der Waals surface area contributed by atoms with Crippen LogP contribution >= 0.6 is 27.3 Å². The summed E-state index contributed by atoms with van der Waals surface area (Å²) in [6.07, 6.45) is 5.52. The van der Waals surface area contributed by atoms with Gasteiger partial charge in [-0.1, -0.05) is 35.5 Å². The van der Waals surface area contributed by atoms with Crippen LogP contribution in [0.1, 0.15) is 21.5 Å². The molecule has 0 spiro atoms. The number of terminal acetylenes is 1. The molecule has 0 atom stereocenters. The number of halogens is 1. The molecule has 24 heavy (non-hydrogen) atoms. The quantitative estimate of drug-likeness (QED) is 0.586. The molecule has 0 aliphatic carbocycles. The standard InChI is InChI=1S/C19H15BrN2OS/c1-4-9-22-16-11-12(2)10-13(3)17(16)24-19(22)21-18(23)14-7-5-6-8-15(14)20/h1,5-8,10-11H,9H2,2-3H3. The molecule has 3 aromatic rings. The van der Waals surface area contributed by atoms with Gasteiger partial charge in [0.15, 0.2) is 4.80 Å². The Morgan fingerprint density at radius 1 is 1.33 bits per heavy atom. The summed E-state index contributed by atoms with van der Waals surface area (Å²) in [7, 11) is 0. The molecule has 0 bridgehead atoms. The lowest BCUT2D eigenvalue weighted by Crippen LogP contribution is -2.16. The van der Waals surface area contributed by atoms with Crippen molar-refractivity contribution in [3.05, 3.63) is 62.4 Å². The molecule has 120 valence electrons. The minimum Gasteiger partial charge on any atom is -0.305 e. The number of hydrogen-bond donors (Lipinski definition) is 0. The lowest BCUT2D eigenvalue weighted by molar-refractivity contribution is 0.0997. The van der Waals surface area contributed by atoms with Gasteiger partial charge in [-0.3, -0.25) is 4.79 Å². The van der Waals surface area contributed by atoms with Crippen molar-refractivity contribution in [3.8, 4) is 12.3 Å². The van der Waals surface area contributed by atoms with Crippen LogP contribution in [0, 0.1) is 26.2 Å². The number of benzene rings is 2. The molecule has 1 aromatic heterocycles. The average Bonchev–Trinajstić information content (AvgIpc) is 2.86. The molecule has 3 rings (SSSR count). The van der Waals surface area contributed by atoms with Crippen molar-refractivity contribution >= 4 is 43.4 Å². The van der Waals surface area contributed by atoms with Crippen molar-refractivity contribution in [2.75, 3.05) is 0 Å². The zero-order valence-corrected chi connectivity index (χ0v) is 15.7. The second kappa shape index (κ2) is 6.76. The van der Waals surface area contributed by atoms with Crippen LogP contribution in [-0.4, -0.2) is 10.5 Å². The molecule has 0 aliphatic heterocycles. The molecule has 5 heteroatoms. The number of carbonyl (C=O) groups is 1. The van der Waals surface area contributed by atoms with E-state index >= 15 is 0 Å². The van der Waals surface area contributed by atoms with E-state index < -0.39 is 0 Å². The lowest BCUT2D eigenvalue weighted by Gasteiger charge is -2.03. The third-order valence-corrected chi connectivity index (χ3v) is 5.59. The monoisotopic (exact) mass is 398 g/mol. The Labute approximate surface area is 152 Å². The first-order valence-electron chi connectivity index (χ1n) is 7.39. The van der Waals surface area contributed by atoms with Gasteiger partial charge >= 0.3 is 0 Å². The fraction of sp³-hybridized carbons (Fsp3) is 0.158. The van der Waals surface area contributed by atoms with Gasteiger partial charge in [0.2, 0.25) is 0 Å². The number of rotatable bonds is 2. The molecule has 1 heterocycles. The Balaban J connectivity index is 2.24. The largest absolute Gasteiger partial charge is 0.305 e. The van der Waals surface area contributed by atoms with Crippen LogP contribution in [-0.2, 0) is 6.54 Å². The third kappa shape index (κ3) is 3.08.